The van der Waals surface area contributed by atoms with E-state index < -0.39 is 360 Å². The van der Waals surface area contributed by atoms with Crippen molar-refractivity contribution < 1.29 is 52.1 Å². The summed E-state index contributed by atoms with van der Waals surface area (Å²) in [4.78, 5) is 0. The molecule has 0 amide bonds. The van der Waals surface area contributed by atoms with Gasteiger partial charge in [-0.25, -0.2) is 0 Å². The Labute approximate surface area is 413 Å². The summed E-state index contributed by atoms with van der Waals surface area (Å²) in [6, 6.07) is -40.1. The number of hydrogen-bond donors (Lipinski definition) is 0. The molecular weight excluding hydrogens is 745 g/mol. The van der Waals surface area contributed by atoms with Crippen LogP contribution in [0.25, 0.3) is 131 Å². The fourth-order valence-corrected chi connectivity index (χ4v) is 7.81. The van der Waals surface area contributed by atoms with E-state index in [1.54, 1.807) is 0 Å². The maximum absolute atomic E-state index is 10.4. The lowest BCUT2D eigenvalue weighted by molar-refractivity contribution is 1.68. The Morgan fingerprint density at radius 2 is 0.403 bits per heavy atom. The van der Waals surface area contributed by atoms with E-state index in [0.29, 0.717) is 0 Å². The first kappa shape index (κ1) is 14.0. The first-order valence-corrected chi connectivity index (χ1v) is 18.5. The summed E-state index contributed by atoms with van der Waals surface area (Å²) in [5.74, 6) is 0. The quantitative estimate of drug-likeness (QED) is 0.123. The van der Waals surface area contributed by atoms with Gasteiger partial charge in [-0.2, -0.15) is 0 Å². The van der Waals surface area contributed by atoms with E-state index in [1.807, 2.05) is 0 Å². The van der Waals surface area contributed by atoms with Gasteiger partial charge in [-0.15, -0.1) is 0 Å². The molecule has 62 heavy (non-hydrogen) atoms. The Kier molecular flexibility index (Phi) is 3.10. The van der Waals surface area contributed by atoms with E-state index >= 15 is 0 Å². The van der Waals surface area contributed by atoms with Crippen molar-refractivity contribution in [2.75, 3.05) is 0 Å². The van der Waals surface area contributed by atoms with E-state index in [9.17, 15) is 30.2 Å². The third-order valence-electron chi connectivity index (χ3n) is 10.4. The van der Waals surface area contributed by atoms with Crippen LogP contribution < -0.4 is 0 Å². The second kappa shape index (κ2) is 13.7. The van der Waals surface area contributed by atoms with Gasteiger partial charge in [-0.05, 0) is 155 Å². The van der Waals surface area contributed by atoms with Gasteiger partial charge >= 0.3 is 0 Å². The zero-order valence-electron chi connectivity index (χ0n) is 69.0. The monoisotopic (exact) mass is 821 g/mol. The Hall–Kier alpha value is -8.06. The molecule has 0 atom stereocenters. The van der Waals surface area contributed by atoms with Crippen molar-refractivity contribution in [3.05, 3.63) is 230 Å². The van der Waals surface area contributed by atoms with Crippen LogP contribution in [0.3, 0.4) is 0 Å². The number of rotatable bonds is 4. The largest absolute Gasteiger partial charge is 0.0636 e. The van der Waals surface area contributed by atoms with Gasteiger partial charge in [0.25, 0.3) is 0 Å². The van der Waals surface area contributed by atoms with E-state index in [2.05, 4.69) is 0 Å². The van der Waals surface area contributed by atoms with Crippen LogP contribution in [0.1, 0.15) is 52.1 Å². The molecule has 0 radical (unpaired) electrons. The maximum atomic E-state index is 10.4. The lowest BCUT2D eigenvalue weighted by Gasteiger charge is -2.19. The van der Waals surface area contributed by atoms with Gasteiger partial charge in [0.05, 0.1) is 52.1 Å². The lowest BCUT2D eigenvalue weighted by atomic mass is 9.84. The van der Waals surface area contributed by atoms with Crippen molar-refractivity contribution in [1.29, 1.82) is 0 Å². The molecule has 0 aliphatic rings. The standard InChI is InChI=1S/C62H38/c1-3-15-43-35-45(31-25-39(43)13-1)59-49-17-5-9-21-53(49)61(54-22-10-6-18-50(54)59)47-33-29-41-27-28-42-30-34-48(38-58(42)57(41)37-47)62-55-23-11-7-19-51(55)60(52-20-8-12-24-56(52)62)46-32-26-40-14-2-4-16-44(40)36-46/h1-38H/i1D,2D,3D,4D,5D,6D,7D,8D,9D,10D,11D,12D,13D,14D,15D,16D,17D,18D,19D,20D,21D,22D,23D,24D,25D,26D,27D,28D,29D,30D,31D,32D,33D,34D,35D,36D,37D,38D. The van der Waals surface area contributed by atoms with Crippen LogP contribution in [-0.4, -0.2) is 0 Å². The van der Waals surface area contributed by atoms with Gasteiger partial charge in [-0.1, -0.05) is 205 Å². The fourth-order valence-electron chi connectivity index (χ4n) is 7.81. The van der Waals surface area contributed by atoms with Crippen LogP contribution in [-0.2, 0) is 0 Å². The van der Waals surface area contributed by atoms with Crippen molar-refractivity contribution in [2.45, 2.75) is 0 Å². The molecule has 0 heterocycles. The molecule has 286 valence electrons. The highest BCUT2D eigenvalue weighted by atomic mass is 14.2. The summed E-state index contributed by atoms with van der Waals surface area (Å²) in [7, 11) is 0. The average molecular weight is 821 g/mol. The van der Waals surface area contributed by atoms with E-state index in [0.717, 1.165) is 0 Å². The normalized spacial score (nSPS) is 20.5. The molecule has 13 aromatic rings. The summed E-state index contributed by atoms with van der Waals surface area (Å²) >= 11 is 0. The van der Waals surface area contributed by atoms with Gasteiger partial charge in [0.15, 0.2) is 0 Å². The fraction of sp³-hybridized carbons (Fsp3) is 0. The van der Waals surface area contributed by atoms with E-state index in [-0.39, 0.29) is 0 Å². The highest BCUT2D eigenvalue weighted by molar-refractivity contribution is 6.24. The Balaban J connectivity index is 1.30. The van der Waals surface area contributed by atoms with Crippen LogP contribution >= 0.6 is 0 Å². The average Bonchev–Trinajstić information content (AvgIpc) is 0.694. The van der Waals surface area contributed by atoms with Crippen molar-refractivity contribution >= 4 is 86.2 Å². The van der Waals surface area contributed by atoms with Crippen molar-refractivity contribution in [3.8, 4) is 44.5 Å². The predicted molar refractivity (Wildman–Crippen MR) is 268 cm³/mol. The molecular formula is C62H38. The third kappa shape index (κ3) is 5.34. The minimum atomic E-state index is -1.20. The van der Waals surface area contributed by atoms with E-state index in [4.69, 9.17) is 21.9 Å². The van der Waals surface area contributed by atoms with Crippen molar-refractivity contribution in [2.24, 2.45) is 0 Å². The molecule has 0 aliphatic carbocycles. The van der Waals surface area contributed by atoms with Crippen LogP contribution in [0.5, 0.6) is 0 Å². The van der Waals surface area contributed by atoms with Gasteiger partial charge in [0.1, 0.15) is 0 Å². The van der Waals surface area contributed by atoms with E-state index in [1.165, 1.54) is 0 Å². The molecule has 0 nitrogen and oxygen atoms in total. The van der Waals surface area contributed by atoms with Crippen LogP contribution in [0.2, 0.25) is 0 Å². The number of fused-ring (bicyclic) bond motifs is 9. The molecule has 13 aromatic carbocycles. The molecule has 0 aromatic heterocycles. The molecule has 13 rings (SSSR count). The summed E-state index contributed by atoms with van der Waals surface area (Å²) in [6.07, 6.45) is 0. The van der Waals surface area contributed by atoms with Crippen LogP contribution in [0.4, 0.5) is 0 Å². The number of benzene rings is 13. The summed E-state index contributed by atoms with van der Waals surface area (Å²) < 4.78 is 354. The highest BCUT2D eigenvalue weighted by Crippen LogP contribution is 2.47. The van der Waals surface area contributed by atoms with Crippen molar-refractivity contribution in [1.82, 2.24) is 0 Å². The zero-order valence-corrected chi connectivity index (χ0v) is 31.0. The van der Waals surface area contributed by atoms with Gasteiger partial charge in [0, 0.05) is 0 Å². The molecule has 0 fully saturated rings. The Morgan fingerprint density at radius 3 is 0.710 bits per heavy atom. The topological polar surface area (TPSA) is 0 Å². The molecule has 0 heteroatoms. The Bertz CT molecular complexity index is 5700. The number of hydrogen-bond acceptors (Lipinski definition) is 0. The van der Waals surface area contributed by atoms with Crippen LogP contribution in [0, 0.1) is 0 Å². The second-order valence-corrected chi connectivity index (χ2v) is 13.8. The molecule has 0 unspecified atom stereocenters. The molecule has 0 N–H and O–H groups in total. The molecule has 0 saturated carbocycles. The second-order valence-electron chi connectivity index (χ2n) is 13.8. The summed E-state index contributed by atoms with van der Waals surface area (Å²) in [6.45, 7) is 0. The molecule has 0 saturated heterocycles. The van der Waals surface area contributed by atoms with Gasteiger partial charge < -0.3 is 0 Å². The minimum absolute atomic E-state index is 0.650. The maximum Gasteiger partial charge on any atom is 0.0636 e. The van der Waals surface area contributed by atoms with Gasteiger partial charge in [-0.3, -0.25) is 0 Å². The first-order chi connectivity index (χ1) is 46.6. The molecule has 0 aliphatic heterocycles. The summed E-state index contributed by atoms with van der Waals surface area (Å²) in [5, 5.41) is -13.2. The van der Waals surface area contributed by atoms with Crippen molar-refractivity contribution in [3.63, 3.8) is 0 Å². The Morgan fingerprint density at radius 1 is 0.177 bits per heavy atom. The SMILES string of the molecule is [2H]c1c([2H])c([2H])c2c([2H])c(-c3c4c([2H])c([2H])c([2H])c([2H])c4c(-c4c([2H])c([2H])c5c([2H])c([2H])c6c([2H])c([2H])c(-c7c8c([2H])c([2H])c([2H])c([2H])c8c(-c8c([2H])c([2H])c9c([2H])c([2H])c([2H])c([2H])c9c8[2H])c8c([2H])c([2H])c([2H])c([2H])c78)c([2H])c6c5c4[2H])c4c([2H])c([2H])c([2H])c([2H])c34)c([2H])c([2H])c2c1[2H]. The summed E-state index contributed by atoms with van der Waals surface area (Å²) in [5.41, 5.74) is -7.23. The predicted octanol–water partition coefficient (Wildman–Crippen LogP) is 17.6. The molecule has 0 spiro atoms. The minimum Gasteiger partial charge on any atom is -0.0616 e. The third-order valence-corrected chi connectivity index (χ3v) is 10.4. The smallest absolute Gasteiger partial charge is 0.0616 e. The highest BCUT2D eigenvalue weighted by Gasteiger charge is 2.20. The lowest BCUT2D eigenvalue weighted by Crippen LogP contribution is -1.92. The molecule has 0 bridgehead atoms. The first-order valence-electron chi connectivity index (χ1n) is 37.5. The zero-order chi connectivity index (χ0) is 73.8. The van der Waals surface area contributed by atoms with Crippen LogP contribution in [0.15, 0.2) is 230 Å². The van der Waals surface area contributed by atoms with Gasteiger partial charge in [0.2, 0.25) is 0 Å².